The summed E-state index contributed by atoms with van der Waals surface area (Å²) in [5.41, 5.74) is 2.26. The van der Waals surface area contributed by atoms with Gasteiger partial charge in [0.05, 0.1) is 0 Å². The summed E-state index contributed by atoms with van der Waals surface area (Å²) < 4.78 is 5.53. The minimum atomic E-state index is -0.238. The zero-order valence-electron chi connectivity index (χ0n) is 15.3. The van der Waals surface area contributed by atoms with Crippen molar-refractivity contribution in [2.75, 3.05) is 19.6 Å². The van der Waals surface area contributed by atoms with Crippen LogP contribution < -0.4 is 5.32 Å². The van der Waals surface area contributed by atoms with E-state index in [-0.39, 0.29) is 12.2 Å². The number of carbonyl (C=O) groups excluding carboxylic acids is 1. The normalized spacial score (nSPS) is 16.8. The van der Waals surface area contributed by atoms with Crippen molar-refractivity contribution >= 4 is 11.8 Å². The van der Waals surface area contributed by atoms with Gasteiger partial charge in [-0.2, -0.15) is 4.79 Å². The fourth-order valence-electron chi connectivity index (χ4n) is 3.27. The van der Waals surface area contributed by atoms with Gasteiger partial charge in [-0.15, -0.1) is 0 Å². The van der Waals surface area contributed by atoms with Gasteiger partial charge >= 0.3 is 6.09 Å². The molecule has 0 unspecified atom stereocenters. The predicted molar refractivity (Wildman–Crippen MR) is 97.5 cm³/mol. The molecule has 0 bridgehead atoms. The summed E-state index contributed by atoms with van der Waals surface area (Å²) in [5, 5.41) is 1.60. The van der Waals surface area contributed by atoms with Crippen LogP contribution in [0.15, 0.2) is 24.3 Å². The summed E-state index contributed by atoms with van der Waals surface area (Å²) in [6.07, 6.45) is 8.42. The van der Waals surface area contributed by atoms with Gasteiger partial charge in [-0.1, -0.05) is 38.3 Å². The van der Waals surface area contributed by atoms with Gasteiger partial charge in [-0.05, 0) is 63.4 Å². The molecule has 0 aromatic heterocycles. The van der Waals surface area contributed by atoms with E-state index in [0.29, 0.717) is 0 Å². The van der Waals surface area contributed by atoms with Crippen LogP contribution in [-0.2, 0) is 11.2 Å². The molecule has 1 fully saturated rings. The first kappa shape index (κ1) is 18.9. The molecule has 2 rings (SSSR count). The van der Waals surface area contributed by atoms with Crippen molar-refractivity contribution in [3.8, 4) is 0 Å². The number of benzene rings is 1. The molecule has 1 heterocycles. The van der Waals surface area contributed by atoms with Crippen molar-refractivity contribution in [3.63, 3.8) is 0 Å². The Bertz CT molecular complexity index is 481. The molecule has 1 saturated heterocycles. The number of nitrogens with zero attached hydrogens (tertiary/aromatic N) is 1. The van der Waals surface area contributed by atoms with Gasteiger partial charge in [0.2, 0.25) is 0 Å². The summed E-state index contributed by atoms with van der Waals surface area (Å²) in [6, 6.07) is 8.26. The van der Waals surface area contributed by atoms with E-state index in [9.17, 15) is 4.79 Å². The number of nitrogens with two attached hydrogens (primary N) is 1. The predicted octanol–water partition coefficient (Wildman–Crippen LogP) is 3.63. The molecule has 0 spiro atoms. The largest absolute Gasteiger partial charge is 0.518 e. The Morgan fingerprint density at radius 1 is 1.17 bits per heavy atom. The second-order valence-corrected chi connectivity index (χ2v) is 6.95. The summed E-state index contributed by atoms with van der Waals surface area (Å²) in [5.74, 6) is 0. The van der Waals surface area contributed by atoms with Crippen molar-refractivity contribution < 1.29 is 14.8 Å². The average Bonchev–Trinajstić information content (AvgIpc) is 2.57. The minimum Gasteiger partial charge on any atom is -0.415 e. The van der Waals surface area contributed by atoms with Crippen molar-refractivity contribution in [2.24, 2.45) is 0 Å². The third kappa shape index (κ3) is 7.02. The van der Waals surface area contributed by atoms with Gasteiger partial charge in [0.15, 0.2) is 0 Å². The van der Waals surface area contributed by atoms with E-state index >= 15 is 0 Å². The van der Waals surface area contributed by atoms with Crippen molar-refractivity contribution in [1.82, 2.24) is 4.90 Å². The maximum Gasteiger partial charge on any atom is 0.518 e. The van der Waals surface area contributed by atoms with E-state index in [2.05, 4.69) is 24.0 Å². The van der Waals surface area contributed by atoms with Gasteiger partial charge in [-0.25, -0.2) is 5.32 Å². The Morgan fingerprint density at radius 3 is 2.54 bits per heavy atom. The zero-order chi connectivity index (χ0) is 17.2. The van der Waals surface area contributed by atoms with E-state index < -0.39 is 0 Å². The maximum atomic E-state index is 12.1. The monoisotopic (exact) mass is 333 g/mol. The molecule has 0 radical (unpaired) electrons. The topological polar surface area (TPSA) is 46.1 Å². The summed E-state index contributed by atoms with van der Waals surface area (Å²) >= 11 is 0. The molecular weight excluding hydrogens is 300 g/mol. The van der Waals surface area contributed by atoms with E-state index in [0.717, 1.165) is 31.7 Å². The van der Waals surface area contributed by atoms with Crippen LogP contribution in [0.25, 0.3) is 0 Å². The van der Waals surface area contributed by atoms with Crippen LogP contribution in [0.5, 0.6) is 0 Å². The Hall–Kier alpha value is -1.39. The summed E-state index contributed by atoms with van der Waals surface area (Å²) in [7, 11) is 0. The lowest BCUT2D eigenvalue weighted by atomic mass is 10.1. The van der Waals surface area contributed by atoms with Crippen LogP contribution >= 0.6 is 0 Å². The molecule has 1 aliphatic heterocycles. The average molecular weight is 333 g/mol. The lowest BCUT2D eigenvalue weighted by Crippen LogP contribution is -2.82. The van der Waals surface area contributed by atoms with Crippen molar-refractivity contribution in [3.05, 3.63) is 29.8 Å². The second-order valence-electron chi connectivity index (χ2n) is 6.95. The van der Waals surface area contributed by atoms with Crippen LogP contribution in [0.3, 0.4) is 0 Å². The zero-order valence-corrected chi connectivity index (χ0v) is 15.3. The Morgan fingerprint density at radius 2 is 1.88 bits per heavy atom. The molecule has 1 atom stereocenters. The number of carbonyl (C=O) groups is 1. The number of piperidine rings is 1. The molecule has 24 heavy (non-hydrogen) atoms. The number of aryl methyl sites for hydroxylation is 1. The summed E-state index contributed by atoms with van der Waals surface area (Å²) in [6.45, 7) is 7.30. The van der Waals surface area contributed by atoms with Crippen LogP contribution in [0.4, 0.5) is 10.5 Å². The van der Waals surface area contributed by atoms with E-state index in [1.165, 1.54) is 44.1 Å². The molecule has 1 aliphatic rings. The minimum absolute atomic E-state index is 0.0554. The third-order valence-electron chi connectivity index (χ3n) is 4.61. The first-order valence-electron chi connectivity index (χ1n) is 9.54. The number of rotatable bonds is 8. The molecule has 0 aliphatic carbocycles. The number of unbranched alkanes of at least 4 members (excludes halogenated alkanes) is 2. The van der Waals surface area contributed by atoms with Crippen molar-refractivity contribution in [1.29, 1.82) is 0 Å². The van der Waals surface area contributed by atoms with E-state index in [1.807, 2.05) is 19.1 Å². The SMILES string of the molecule is CCCCCc1ccc([NH2+]C(=O)O[C@H](C)CN2CCCCC2)cc1. The number of hydrogen-bond acceptors (Lipinski definition) is 3. The molecule has 1 aromatic rings. The van der Waals surface area contributed by atoms with Gasteiger partial charge in [0, 0.05) is 6.54 Å². The van der Waals surface area contributed by atoms with E-state index in [4.69, 9.17) is 4.74 Å². The number of likely N-dealkylation sites (tertiary alicyclic amines) is 1. The number of primary amides is 1. The van der Waals surface area contributed by atoms with Crippen LogP contribution in [0.2, 0.25) is 0 Å². The highest BCUT2D eigenvalue weighted by molar-refractivity contribution is 5.59. The lowest BCUT2D eigenvalue weighted by Gasteiger charge is -2.28. The van der Waals surface area contributed by atoms with Gasteiger partial charge in [0.1, 0.15) is 11.8 Å². The second kappa shape index (κ2) is 10.5. The highest BCUT2D eigenvalue weighted by Gasteiger charge is 2.18. The Labute approximate surface area is 146 Å². The highest BCUT2D eigenvalue weighted by atomic mass is 16.6. The fourth-order valence-corrected chi connectivity index (χ4v) is 3.27. The summed E-state index contributed by atoms with van der Waals surface area (Å²) in [4.78, 5) is 14.5. The van der Waals surface area contributed by atoms with Gasteiger partial charge in [0.25, 0.3) is 0 Å². The highest BCUT2D eigenvalue weighted by Crippen LogP contribution is 2.11. The Balaban J connectivity index is 1.70. The number of ether oxygens (including phenoxy) is 1. The molecular formula is C20H33N2O2+. The number of hydrogen-bond donors (Lipinski definition) is 1. The maximum absolute atomic E-state index is 12.1. The standard InChI is InChI=1S/C20H32N2O2/c1-3-4-6-9-18-10-12-19(13-11-18)21-20(23)24-17(2)16-22-14-7-5-8-15-22/h10-13,17H,3-9,14-16H2,1-2H3,(H,21,23)/p+1/t17-/m1/s1. The van der Waals surface area contributed by atoms with Crippen LogP contribution in [-0.4, -0.2) is 36.7 Å². The quantitative estimate of drug-likeness (QED) is 0.584. The molecule has 0 saturated carbocycles. The third-order valence-corrected chi connectivity index (χ3v) is 4.61. The molecule has 1 amide bonds. The number of amides is 1. The molecule has 4 heteroatoms. The first-order chi connectivity index (χ1) is 11.7. The molecule has 134 valence electrons. The first-order valence-corrected chi connectivity index (χ1v) is 9.54. The van der Waals surface area contributed by atoms with Gasteiger partial charge < -0.3 is 4.74 Å². The smallest absolute Gasteiger partial charge is 0.415 e. The lowest BCUT2D eigenvalue weighted by molar-refractivity contribution is -0.484. The number of quaternary nitrogens is 1. The Kier molecular flexibility index (Phi) is 8.26. The van der Waals surface area contributed by atoms with Gasteiger partial charge in [-0.3, -0.25) is 4.90 Å². The van der Waals surface area contributed by atoms with Crippen LogP contribution in [0.1, 0.15) is 57.9 Å². The fraction of sp³-hybridized carbons (Fsp3) is 0.650. The molecule has 1 aromatic carbocycles. The van der Waals surface area contributed by atoms with Crippen molar-refractivity contribution in [2.45, 2.75) is 64.9 Å². The molecule has 4 nitrogen and oxygen atoms in total. The van der Waals surface area contributed by atoms with E-state index in [1.54, 1.807) is 5.32 Å². The van der Waals surface area contributed by atoms with Crippen LogP contribution in [0, 0.1) is 0 Å². The molecule has 2 N–H and O–H groups in total.